The van der Waals surface area contributed by atoms with Gasteiger partial charge in [-0.1, -0.05) is 0 Å². The summed E-state index contributed by atoms with van der Waals surface area (Å²) in [6.07, 6.45) is 1.78. The van der Waals surface area contributed by atoms with E-state index < -0.39 is 10.0 Å². The van der Waals surface area contributed by atoms with E-state index >= 15 is 0 Å². The van der Waals surface area contributed by atoms with Crippen molar-refractivity contribution in [2.45, 2.75) is 30.3 Å². The van der Waals surface area contributed by atoms with Crippen LogP contribution in [0.25, 0.3) is 0 Å². The van der Waals surface area contributed by atoms with Crippen LogP contribution in [0.3, 0.4) is 0 Å². The molecule has 1 fully saturated rings. The number of nitrogens with zero attached hydrogens (tertiary/aromatic N) is 1. The summed E-state index contributed by atoms with van der Waals surface area (Å²) < 4.78 is 37.1. The van der Waals surface area contributed by atoms with E-state index in [-0.39, 0.29) is 22.2 Å². The molecule has 0 unspecified atom stereocenters. The van der Waals surface area contributed by atoms with Crippen molar-refractivity contribution in [2.75, 3.05) is 20.3 Å². The molecule has 0 radical (unpaired) electrons. The summed E-state index contributed by atoms with van der Waals surface area (Å²) in [5.74, 6) is 0.438. The fraction of sp³-hybridized carbons (Fsp3) is 0.636. The van der Waals surface area contributed by atoms with Gasteiger partial charge in [0.25, 0.3) is 0 Å². The smallest absolute Gasteiger partial charge is 0.247 e. The van der Waals surface area contributed by atoms with E-state index in [4.69, 9.17) is 14.9 Å². The first-order chi connectivity index (χ1) is 9.00. The molecule has 1 aliphatic carbocycles. The lowest BCUT2D eigenvalue weighted by atomic mass is 10.5. The average Bonchev–Trinajstić information content (AvgIpc) is 3.11. The van der Waals surface area contributed by atoms with Gasteiger partial charge in [-0.15, -0.1) is 0 Å². The summed E-state index contributed by atoms with van der Waals surface area (Å²) in [4.78, 5) is 0.135. The van der Waals surface area contributed by atoms with Crippen LogP contribution in [-0.4, -0.2) is 39.0 Å². The SMILES string of the molecule is COCCN(C1CC1)S(=O)(=O)c1cc(CN)oc1Br. The molecular weight excluding hydrogens is 336 g/mol. The summed E-state index contributed by atoms with van der Waals surface area (Å²) in [5.41, 5.74) is 5.46. The van der Waals surface area contributed by atoms with Crippen molar-refractivity contribution in [1.82, 2.24) is 4.31 Å². The summed E-state index contributed by atoms with van der Waals surface area (Å²) in [6.45, 7) is 0.879. The Hall–Kier alpha value is -0.410. The number of sulfonamides is 1. The van der Waals surface area contributed by atoms with Crippen LogP contribution in [0.5, 0.6) is 0 Å². The molecule has 1 aliphatic rings. The van der Waals surface area contributed by atoms with Crippen molar-refractivity contribution in [2.24, 2.45) is 5.73 Å². The first-order valence-corrected chi connectivity index (χ1v) is 8.23. The van der Waals surface area contributed by atoms with E-state index in [1.165, 1.54) is 10.4 Å². The van der Waals surface area contributed by atoms with Crippen LogP contribution in [-0.2, 0) is 21.3 Å². The van der Waals surface area contributed by atoms with E-state index in [0.29, 0.717) is 18.9 Å². The lowest BCUT2D eigenvalue weighted by molar-refractivity contribution is 0.177. The molecule has 6 nitrogen and oxygen atoms in total. The van der Waals surface area contributed by atoms with Crippen molar-refractivity contribution in [1.29, 1.82) is 0 Å². The van der Waals surface area contributed by atoms with E-state index in [9.17, 15) is 8.42 Å². The van der Waals surface area contributed by atoms with Gasteiger partial charge in [0.05, 0.1) is 13.2 Å². The van der Waals surface area contributed by atoms with Crippen LogP contribution in [0.2, 0.25) is 0 Å². The largest absolute Gasteiger partial charge is 0.452 e. The van der Waals surface area contributed by atoms with Gasteiger partial charge >= 0.3 is 0 Å². The molecule has 0 atom stereocenters. The van der Waals surface area contributed by atoms with Crippen LogP contribution < -0.4 is 5.73 Å². The molecule has 0 saturated heterocycles. The van der Waals surface area contributed by atoms with Gasteiger partial charge in [-0.3, -0.25) is 0 Å². The van der Waals surface area contributed by atoms with E-state index in [0.717, 1.165) is 12.8 Å². The number of hydrogen-bond donors (Lipinski definition) is 1. The highest BCUT2D eigenvalue weighted by Crippen LogP contribution is 2.35. The Morgan fingerprint density at radius 1 is 1.58 bits per heavy atom. The normalized spacial score (nSPS) is 16.2. The maximum Gasteiger partial charge on any atom is 0.247 e. The molecule has 0 bridgehead atoms. The second-order valence-corrected chi connectivity index (χ2v) is 6.97. The monoisotopic (exact) mass is 352 g/mol. The maximum atomic E-state index is 12.6. The minimum absolute atomic E-state index is 0.0725. The molecule has 2 rings (SSSR count). The standard InChI is InChI=1S/C11H17BrN2O4S/c1-17-5-4-14(8-2-3-8)19(15,16)10-6-9(7-13)18-11(10)12/h6,8H,2-5,7,13H2,1H3. The predicted molar refractivity (Wildman–Crippen MR) is 73.1 cm³/mol. The van der Waals surface area contributed by atoms with Gasteiger partial charge in [0, 0.05) is 25.8 Å². The van der Waals surface area contributed by atoms with Gasteiger partial charge < -0.3 is 14.9 Å². The van der Waals surface area contributed by atoms with Crippen LogP contribution in [0, 0.1) is 0 Å². The Bertz CT molecular complexity index is 539. The van der Waals surface area contributed by atoms with Gasteiger partial charge in [-0.05, 0) is 28.8 Å². The highest BCUT2D eigenvalue weighted by Gasteiger charge is 2.39. The molecule has 1 heterocycles. The van der Waals surface area contributed by atoms with Crippen molar-refractivity contribution in [3.63, 3.8) is 0 Å². The summed E-state index contributed by atoms with van der Waals surface area (Å²) in [5, 5.41) is 0. The highest BCUT2D eigenvalue weighted by atomic mass is 79.9. The first kappa shape index (κ1) is 15.0. The second-order valence-electron chi connectivity index (χ2n) is 4.39. The highest BCUT2D eigenvalue weighted by molar-refractivity contribution is 9.10. The Kier molecular flexibility index (Phi) is 4.67. The molecule has 0 aromatic carbocycles. The molecule has 19 heavy (non-hydrogen) atoms. The zero-order chi connectivity index (χ0) is 14.0. The molecule has 0 aliphatic heterocycles. The van der Waals surface area contributed by atoms with Crippen molar-refractivity contribution in [3.8, 4) is 0 Å². The third-order valence-corrected chi connectivity index (χ3v) is 5.77. The van der Waals surface area contributed by atoms with Crippen molar-refractivity contribution >= 4 is 26.0 Å². The molecule has 8 heteroatoms. The third-order valence-electron chi connectivity index (χ3n) is 2.96. The average molecular weight is 353 g/mol. The second kappa shape index (κ2) is 5.92. The predicted octanol–water partition coefficient (Wildman–Crippen LogP) is 1.30. The molecule has 1 aromatic rings. The Morgan fingerprint density at radius 2 is 2.26 bits per heavy atom. The molecule has 0 amide bonds. The van der Waals surface area contributed by atoms with Crippen molar-refractivity contribution in [3.05, 3.63) is 16.5 Å². The Balaban J connectivity index is 2.30. The quantitative estimate of drug-likeness (QED) is 0.799. The minimum Gasteiger partial charge on any atom is -0.452 e. The Labute approximate surface area is 121 Å². The number of halogens is 1. The minimum atomic E-state index is -3.57. The summed E-state index contributed by atoms with van der Waals surface area (Å²) >= 11 is 3.14. The zero-order valence-corrected chi connectivity index (χ0v) is 13.0. The molecule has 108 valence electrons. The summed E-state index contributed by atoms with van der Waals surface area (Å²) in [7, 11) is -2.02. The molecule has 0 spiro atoms. The lowest BCUT2D eigenvalue weighted by Crippen LogP contribution is -2.35. The third kappa shape index (κ3) is 3.19. The van der Waals surface area contributed by atoms with Crippen LogP contribution in [0.15, 0.2) is 20.0 Å². The fourth-order valence-electron chi connectivity index (χ4n) is 1.84. The van der Waals surface area contributed by atoms with Gasteiger partial charge in [-0.2, -0.15) is 4.31 Å². The topological polar surface area (TPSA) is 85.8 Å². The van der Waals surface area contributed by atoms with Gasteiger partial charge in [-0.25, -0.2) is 8.42 Å². The molecule has 1 saturated carbocycles. The number of furan rings is 1. The van der Waals surface area contributed by atoms with E-state index in [1.54, 1.807) is 7.11 Å². The molecule has 2 N–H and O–H groups in total. The van der Waals surface area contributed by atoms with Crippen LogP contribution in [0.4, 0.5) is 0 Å². The summed E-state index contributed by atoms with van der Waals surface area (Å²) in [6, 6.07) is 1.55. The lowest BCUT2D eigenvalue weighted by Gasteiger charge is -2.20. The number of rotatable bonds is 7. The zero-order valence-electron chi connectivity index (χ0n) is 10.6. The van der Waals surface area contributed by atoms with Gasteiger partial charge in [0.2, 0.25) is 10.0 Å². The fourth-order valence-corrected chi connectivity index (χ4v) is 4.48. The number of nitrogens with two attached hydrogens (primary N) is 1. The number of hydrogen-bond acceptors (Lipinski definition) is 5. The van der Waals surface area contributed by atoms with Gasteiger partial charge in [0.1, 0.15) is 10.7 Å². The first-order valence-electron chi connectivity index (χ1n) is 5.99. The number of methoxy groups -OCH3 is 1. The molecule has 1 aromatic heterocycles. The van der Waals surface area contributed by atoms with Crippen LogP contribution in [0.1, 0.15) is 18.6 Å². The number of ether oxygens (including phenoxy) is 1. The van der Waals surface area contributed by atoms with Crippen molar-refractivity contribution < 1.29 is 17.6 Å². The maximum absolute atomic E-state index is 12.6. The van der Waals surface area contributed by atoms with E-state index in [2.05, 4.69) is 15.9 Å². The molecular formula is C11H17BrN2O4S. The Morgan fingerprint density at radius 3 is 2.74 bits per heavy atom. The van der Waals surface area contributed by atoms with Crippen LogP contribution >= 0.6 is 15.9 Å². The van der Waals surface area contributed by atoms with E-state index in [1.807, 2.05) is 0 Å². The van der Waals surface area contributed by atoms with Gasteiger partial charge in [0.15, 0.2) is 4.67 Å².